The molecule has 1 aliphatic rings. The van der Waals surface area contributed by atoms with Crippen LogP contribution < -0.4 is 5.32 Å². The Hall–Kier alpha value is -1.51. The SMILES string of the molecule is CC(C)[C@H]1CN1C(=O)N[C@@H](C)c1ccccc1. The van der Waals surface area contributed by atoms with Crippen LogP contribution in [0.2, 0.25) is 0 Å². The van der Waals surface area contributed by atoms with Crippen molar-refractivity contribution >= 4 is 6.03 Å². The van der Waals surface area contributed by atoms with Gasteiger partial charge in [-0.05, 0) is 18.4 Å². The van der Waals surface area contributed by atoms with Crippen molar-refractivity contribution in [1.29, 1.82) is 0 Å². The summed E-state index contributed by atoms with van der Waals surface area (Å²) in [6.45, 7) is 7.21. The lowest BCUT2D eigenvalue weighted by atomic mass is 10.1. The molecule has 3 heteroatoms. The molecule has 0 unspecified atom stereocenters. The highest BCUT2D eigenvalue weighted by Crippen LogP contribution is 2.25. The molecule has 0 saturated carbocycles. The van der Waals surface area contributed by atoms with E-state index >= 15 is 0 Å². The average molecular weight is 232 g/mol. The molecule has 1 aromatic carbocycles. The van der Waals surface area contributed by atoms with E-state index in [-0.39, 0.29) is 12.1 Å². The molecule has 3 nitrogen and oxygen atoms in total. The summed E-state index contributed by atoms with van der Waals surface area (Å²) in [5.74, 6) is 0.549. The number of nitrogens with zero attached hydrogens (tertiary/aromatic N) is 1. The topological polar surface area (TPSA) is 32.1 Å². The molecular weight excluding hydrogens is 212 g/mol. The number of urea groups is 1. The normalized spacial score (nSPS) is 20.2. The van der Waals surface area contributed by atoms with Crippen LogP contribution in [-0.4, -0.2) is 23.5 Å². The van der Waals surface area contributed by atoms with E-state index in [9.17, 15) is 4.79 Å². The van der Waals surface area contributed by atoms with Crippen molar-refractivity contribution in [2.45, 2.75) is 32.9 Å². The zero-order chi connectivity index (χ0) is 12.4. The van der Waals surface area contributed by atoms with Crippen LogP contribution in [0.25, 0.3) is 0 Å². The molecule has 1 aliphatic heterocycles. The number of carbonyl (C=O) groups excluding carboxylic acids is 1. The molecule has 17 heavy (non-hydrogen) atoms. The maximum atomic E-state index is 11.9. The highest BCUT2D eigenvalue weighted by atomic mass is 16.2. The first kappa shape index (κ1) is 12.0. The van der Waals surface area contributed by atoms with Gasteiger partial charge in [0.05, 0.1) is 12.1 Å². The van der Waals surface area contributed by atoms with Crippen molar-refractivity contribution in [3.63, 3.8) is 0 Å². The molecule has 2 amide bonds. The minimum Gasteiger partial charge on any atom is -0.331 e. The van der Waals surface area contributed by atoms with E-state index in [0.29, 0.717) is 12.0 Å². The van der Waals surface area contributed by atoms with Gasteiger partial charge >= 0.3 is 6.03 Å². The molecule has 0 spiro atoms. The van der Waals surface area contributed by atoms with Crippen molar-refractivity contribution in [2.24, 2.45) is 5.92 Å². The fraction of sp³-hybridized carbons (Fsp3) is 0.500. The third kappa shape index (κ3) is 2.78. The third-order valence-corrected chi connectivity index (χ3v) is 3.32. The summed E-state index contributed by atoms with van der Waals surface area (Å²) >= 11 is 0. The molecular formula is C14H20N2O. The van der Waals surface area contributed by atoms with Crippen LogP contribution in [0, 0.1) is 5.92 Å². The number of benzene rings is 1. The van der Waals surface area contributed by atoms with E-state index < -0.39 is 0 Å². The maximum Gasteiger partial charge on any atom is 0.318 e. The summed E-state index contributed by atoms with van der Waals surface area (Å²) in [5.41, 5.74) is 1.14. The van der Waals surface area contributed by atoms with Gasteiger partial charge in [0, 0.05) is 6.54 Å². The highest BCUT2D eigenvalue weighted by Gasteiger charge is 2.40. The van der Waals surface area contributed by atoms with E-state index in [1.807, 2.05) is 42.2 Å². The van der Waals surface area contributed by atoms with Gasteiger partial charge in [-0.25, -0.2) is 4.79 Å². The minimum atomic E-state index is 0.0556. The summed E-state index contributed by atoms with van der Waals surface area (Å²) in [6.07, 6.45) is 0. The van der Waals surface area contributed by atoms with Gasteiger partial charge in [-0.1, -0.05) is 44.2 Å². The Bertz CT molecular complexity index is 388. The predicted octanol–water partition coefficient (Wildman–Crippen LogP) is 2.80. The van der Waals surface area contributed by atoms with Crippen molar-refractivity contribution in [2.75, 3.05) is 6.54 Å². The van der Waals surface area contributed by atoms with Crippen molar-refractivity contribution in [3.8, 4) is 0 Å². The van der Waals surface area contributed by atoms with Crippen LogP contribution in [-0.2, 0) is 0 Å². The maximum absolute atomic E-state index is 11.9. The largest absolute Gasteiger partial charge is 0.331 e. The Morgan fingerprint density at radius 2 is 1.94 bits per heavy atom. The molecule has 0 radical (unpaired) electrons. The van der Waals surface area contributed by atoms with Crippen LogP contribution in [0.5, 0.6) is 0 Å². The summed E-state index contributed by atoms with van der Waals surface area (Å²) < 4.78 is 0. The first-order valence-corrected chi connectivity index (χ1v) is 6.21. The van der Waals surface area contributed by atoms with E-state index in [0.717, 1.165) is 12.1 Å². The second kappa shape index (κ2) is 4.78. The van der Waals surface area contributed by atoms with E-state index in [1.54, 1.807) is 0 Å². The monoisotopic (exact) mass is 232 g/mol. The molecule has 0 aromatic heterocycles. The second-order valence-electron chi connectivity index (χ2n) is 5.05. The standard InChI is InChI=1S/C14H20N2O/c1-10(2)13-9-16(13)14(17)15-11(3)12-7-5-4-6-8-12/h4-8,10-11,13H,9H2,1-3H3,(H,15,17)/t11-,13+,16?/m0/s1. The van der Waals surface area contributed by atoms with Crippen LogP contribution in [0.4, 0.5) is 4.79 Å². The molecule has 1 heterocycles. The number of rotatable bonds is 3. The Labute approximate surface area is 103 Å². The molecule has 1 fully saturated rings. The van der Waals surface area contributed by atoms with Gasteiger partial charge in [-0.2, -0.15) is 0 Å². The van der Waals surface area contributed by atoms with Crippen LogP contribution >= 0.6 is 0 Å². The summed E-state index contributed by atoms with van der Waals surface area (Å²) in [5, 5.41) is 3.03. The predicted molar refractivity (Wildman–Crippen MR) is 68.7 cm³/mol. The van der Waals surface area contributed by atoms with Gasteiger partial charge in [0.2, 0.25) is 0 Å². The van der Waals surface area contributed by atoms with E-state index in [1.165, 1.54) is 0 Å². The van der Waals surface area contributed by atoms with Gasteiger partial charge in [0.1, 0.15) is 0 Å². The number of carbonyl (C=O) groups is 1. The van der Waals surface area contributed by atoms with E-state index in [2.05, 4.69) is 19.2 Å². The fourth-order valence-electron chi connectivity index (χ4n) is 2.05. The molecule has 92 valence electrons. The lowest BCUT2D eigenvalue weighted by molar-refractivity contribution is 0.222. The number of amides is 2. The van der Waals surface area contributed by atoms with E-state index in [4.69, 9.17) is 0 Å². The zero-order valence-corrected chi connectivity index (χ0v) is 10.7. The lowest BCUT2D eigenvalue weighted by Crippen LogP contribution is -2.32. The Morgan fingerprint density at radius 1 is 1.29 bits per heavy atom. The minimum absolute atomic E-state index is 0.0556. The summed E-state index contributed by atoms with van der Waals surface area (Å²) in [4.78, 5) is 13.8. The molecule has 1 saturated heterocycles. The molecule has 2 rings (SSSR count). The smallest absolute Gasteiger partial charge is 0.318 e. The van der Waals surface area contributed by atoms with Crippen molar-refractivity contribution < 1.29 is 4.79 Å². The quantitative estimate of drug-likeness (QED) is 0.798. The van der Waals surface area contributed by atoms with Gasteiger partial charge in [-0.3, -0.25) is 0 Å². The summed E-state index contributed by atoms with van der Waals surface area (Å²) in [6, 6.07) is 10.6. The summed E-state index contributed by atoms with van der Waals surface area (Å²) in [7, 11) is 0. The third-order valence-electron chi connectivity index (χ3n) is 3.32. The fourth-order valence-corrected chi connectivity index (χ4v) is 2.05. The first-order valence-electron chi connectivity index (χ1n) is 6.21. The van der Waals surface area contributed by atoms with Crippen molar-refractivity contribution in [3.05, 3.63) is 35.9 Å². The second-order valence-corrected chi connectivity index (χ2v) is 5.05. The number of hydrogen-bond acceptors (Lipinski definition) is 1. The van der Waals surface area contributed by atoms with Crippen LogP contribution in [0.3, 0.4) is 0 Å². The zero-order valence-electron chi connectivity index (χ0n) is 10.7. The van der Waals surface area contributed by atoms with Crippen LogP contribution in [0.1, 0.15) is 32.4 Å². The lowest BCUT2D eigenvalue weighted by Gasteiger charge is -2.15. The number of nitrogens with one attached hydrogen (secondary N) is 1. The number of hydrogen-bond donors (Lipinski definition) is 1. The van der Waals surface area contributed by atoms with Gasteiger partial charge < -0.3 is 10.2 Å². The van der Waals surface area contributed by atoms with Gasteiger partial charge in [0.15, 0.2) is 0 Å². The van der Waals surface area contributed by atoms with Crippen molar-refractivity contribution in [1.82, 2.24) is 10.2 Å². The Kier molecular flexibility index (Phi) is 3.36. The highest BCUT2D eigenvalue weighted by molar-refractivity contribution is 5.77. The first-order chi connectivity index (χ1) is 8.09. The molecule has 0 bridgehead atoms. The van der Waals surface area contributed by atoms with Crippen LogP contribution in [0.15, 0.2) is 30.3 Å². The average Bonchev–Trinajstić information content (AvgIpc) is 3.10. The van der Waals surface area contributed by atoms with Gasteiger partial charge in [0.25, 0.3) is 0 Å². The molecule has 1 N–H and O–H groups in total. The Balaban J connectivity index is 1.88. The van der Waals surface area contributed by atoms with Gasteiger partial charge in [-0.15, -0.1) is 0 Å². The molecule has 2 atom stereocenters. The molecule has 0 aliphatic carbocycles. The Morgan fingerprint density at radius 3 is 2.47 bits per heavy atom. The molecule has 1 aromatic rings.